The van der Waals surface area contributed by atoms with Gasteiger partial charge in [-0.2, -0.15) is 0 Å². The molecule has 1 heterocycles. The summed E-state index contributed by atoms with van der Waals surface area (Å²) < 4.78 is 18.7. The van der Waals surface area contributed by atoms with Crippen LogP contribution in [0.3, 0.4) is 0 Å². The molecule has 0 saturated carbocycles. The number of nitrogens with zero attached hydrogens (tertiary/aromatic N) is 2. The van der Waals surface area contributed by atoms with Crippen molar-refractivity contribution in [3.8, 4) is 0 Å². The number of benzene rings is 1. The maximum absolute atomic E-state index is 13.4. The van der Waals surface area contributed by atoms with Gasteiger partial charge in [-0.1, -0.05) is 6.07 Å². The highest BCUT2D eigenvalue weighted by atomic mass is 19.1. The Bertz CT molecular complexity index is 530. The van der Waals surface area contributed by atoms with Crippen molar-refractivity contribution in [2.75, 3.05) is 31.1 Å². The first-order valence-corrected chi connectivity index (χ1v) is 7.41. The predicted molar refractivity (Wildman–Crippen MR) is 82.4 cm³/mol. The van der Waals surface area contributed by atoms with Crippen LogP contribution in [0, 0.1) is 5.82 Å². The molecule has 1 aliphatic heterocycles. The molecule has 1 aromatic carbocycles. The quantitative estimate of drug-likeness (QED) is 0.910. The fourth-order valence-corrected chi connectivity index (χ4v) is 2.50. The Morgan fingerprint density at radius 3 is 2.73 bits per heavy atom. The number of piperazine rings is 1. The van der Waals surface area contributed by atoms with E-state index in [1.807, 2.05) is 25.7 Å². The molecule has 0 radical (unpaired) electrons. The van der Waals surface area contributed by atoms with Crippen molar-refractivity contribution in [1.29, 1.82) is 0 Å². The normalized spacial score (nSPS) is 19.2. The molecule has 1 aliphatic rings. The van der Waals surface area contributed by atoms with Crippen molar-refractivity contribution in [2.24, 2.45) is 0 Å². The standard InChI is InChI=1S/C16H23FN2O3/c1-16(2,3)22-15(21)18-7-8-19(14(10-18)11-20)13-6-4-5-12(17)9-13/h4-6,9,14,20H,7-8,10-11H2,1-3H3. The highest BCUT2D eigenvalue weighted by Crippen LogP contribution is 2.22. The van der Waals surface area contributed by atoms with Gasteiger partial charge in [0.15, 0.2) is 0 Å². The molecular weight excluding hydrogens is 287 g/mol. The molecule has 0 bridgehead atoms. The van der Waals surface area contributed by atoms with Crippen LogP contribution in [0.4, 0.5) is 14.9 Å². The zero-order valence-electron chi connectivity index (χ0n) is 13.3. The molecule has 6 heteroatoms. The minimum absolute atomic E-state index is 0.115. The summed E-state index contributed by atoms with van der Waals surface area (Å²) >= 11 is 0. The lowest BCUT2D eigenvalue weighted by Gasteiger charge is -2.42. The number of rotatable bonds is 2. The van der Waals surface area contributed by atoms with Crippen LogP contribution in [0.5, 0.6) is 0 Å². The van der Waals surface area contributed by atoms with Crippen LogP contribution in [-0.4, -0.2) is 54.0 Å². The Kier molecular flexibility index (Phi) is 4.90. The van der Waals surface area contributed by atoms with E-state index in [1.165, 1.54) is 12.1 Å². The van der Waals surface area contributed by atoms with E-state index in [4.69, 9.17) is 4.74 Å². The fraction of sp³-hybridized carbons (Fsp3) is 0.562. The van der Waals surface area contributed by atoms with Crippen molar-refractivity contribution in [2.45, 2.75) is 32.4 Å². The lowest BCUT2D eigenvalue weighted by molar-refractivity contribution is 0.0197. The third-order valence-corrected chi connectivity index (χ3v) is 3.49. The number of amides is 1. The summed E-state index contributed by atoms with van der Waals surface area (Å²) in [5, 5.41) is 9.61. The smallest absolute Gasteiger partial charge is 0.410 e. The van der Waals surface area contributed by atoms with Gasteiger partial charge in [0.25, 0.3) is 0 Å². The van der Waals surface area contributed by atoms with E-state index in [0.717, 1.165) is 0 Å². The molecule has 1 atom stereocenters. The first-order valence-electron chi connectivity index (χ1n) is 7.41. The van der Waals surface area contributed by atoms with Gasteiger partial charge in [-0.05, 0) is 39.0 Å². The summed E-state index contributed by atoms with van der Waals surface area (Å²) in [5.74, 6) is -0.316. The molecule has 0 aliphatic carbocycles. The summed E-state index contributed by atoms with van der Waals surface area (Å²) in [5.41, 5.74) is 0.161. The number of carbonyl (C=O) groups excluding carboxylic acids is 1. The summed E-state index contributed by atoms with van der Waals surface area (Å²) in [6.45, 7) is 6.68. The second kappa shape index (κ2) is 6.52. The number of ether oxygens (including phenoxy) is 1. The van der Waals surface area contributed by atoms with Gasteiger partial charge in [0.1, 0.15) is 11.4 Å². The molecule has 1 fully saturated rings. The first kappa shape index (κ1) is 16.5. The monoisotopic (exact) mass is 310 g/mol. The first-order chi connectivity index (χ1) is 10.3. The molecule has 0 aromatic heterocycles. The minimum Gasteiger partial charge on any atom is -0.444 e. The van der Waals surface area contributed by atoms with Crippen LogP contribution >= 0.6 is 0 Å². The van der Waals surface area contributed by atoms with Gasteiger partial charge in [0.2, 0.25) is 0 Å². The van der Waals surface area contributed by atoms with Crippen LogP contribution in [-0.2, 0) is 4.74 Å². The van der Waals surface area contributed by atoms with E-state index in [2.05, 4.69) is 0 Å². The van der Waals surface area contributed by atoms with Gasteiger partial charge < -0.3 is 19.6 Å². The van der Waals surface area contributed by atoms with Crippen LogP contribution in [0.2, 0.25) is 0 Å². The van der Waals surface area contributed by atoms with E-state index < -0.39 is 5.60 Å². The number of halogens is 1. The Morgan fingerprint density at radius 1 is 1.41 bits per heavy atom. The number of hydrogen-bond acceptors (Lipinski definition) is 4. The largest absolute Gasteiger partial charge is 0.444 e. The SMILES string of the molecule is CC(C)(C)OC(=O)N1CCN(c2cccc(F)c2)C(CO)C1. The number of carbonyl (C=O) groups is 1. The maximum Gasteiger partial charge on any atom is 0.410 e. The number of aliphatic hydroxyl groups is 1. The molecule has 5 nitrogen and oxygen atoms in total. The van der Waals surface area contributed by atoms with Crippen molar-refractivity contribution in [3.05, 3.63) is 30.1 Å². The number of aliphatic hydroxyl groups excluding tert-OH is 1. The molecular formula is C16H23FN2O3. The van der Waals surface area contributed by atoms with E-state index in [0.29, 0.717) is 25.3 Å². The van der Waals surface area contributed by atoms with Crippen LogP contribution in [0.1, 0.15) is 20.8 Å². The average Bonchev–Trinajstić information content (AvgIpc) is 2.44. The molecule has 2 rings (SSSR count). The molecule has 22 heavy (non-hydrogen) atoms. The van der Waals surface area contributed by atoms with Crippen molar-refractivity contribution < 1.29 is 19.0 Å². The van der Waals surface area contributed by atoms with Crippen LogP contribution in [0.25, 0.3) is 0 Å². The fourth-order valence-electron chi connectivity index (χ4n) is 2.50. The summed E-state index contributed by atoms with van der Waals surface area (Å²) in [6.07, 6.45) is -0.384. The molecule has 1 unspecified atom stereocenters. The number of hydrogen-bond donors (Lipinski definition) is 1. The summed E-state index contributed by atoms with van der Waals surface area (Å²) in [6, 6.07) is 5.98. The van der Waals surface area contributed by atoms with E-state index in [9.17, 15) is 14.3 Å². The third-order valence-electron chi connectivity index (χ3n) is 3.49. The highest BCUT2D eigenvalue weighted by molar-refractivity contribution is 5.69. The van der Waals surface area contributed by atoms with Crippen LogP contribution in [0.15, 0.2) is 24.3 Å². The van der Waals surface area contributed by atoms with Crippen molar-refractivity contribution in [1.82, 2.24) is 4.90 Å². The maximum atomic E-state index is 13.4. The van der Waals surface area contributed by atoms with E-state index in [1.54, 1.807) is 17.0 Å². The van der Waals surface area contributed by atoms with Crippen molar-refractivity contribution >= 4 is 11.8 Å². The molecule has 1 aromatic rings. The predicted octanol–water partition coefficient (Wildman–Crippen LogP) is 2.24. The van der Waals surface area contributed by atoms with Crippen molar-refractivity contribution in [3.63, 3.8) is 0 Å². The van der Waals surface area contributed by atoms with E-state index >= 15 is 0 Å². The van der Waals surface area contributed by atoms with Gasteiger partial charge in [0, 0.05) is 25.3 Å². The summed E-state index contributed by atoms with van der Waals surface area (Å²) in [4.78, 5) is 15.6. The molecule has 1 N–H and O–H groups in total. The van der Waals surface area contributed by atoms with Gasteiger partial charge in [0.05, 0.1) is 12.6 Å². The topological polar surface area (TPSA) is 53.0 Å². The Morgan fingerprint density at radius 2 is 2.14 bits per heavy atom. The summed E-state index contributed by atoms with van der Waals surface area (Å²) in [7, 11) is 0. The Labute approximate surface area is 130 Å². The minimum atomic E-state index is -0.550. The van der Waals surface area contributed by atoms with Gasteiger partial charge in [-0.3, -0.25) is 0 Å². The molecule has 0 spiro atoms. The number of anilines is 1. The lowest BCUT2D eigenvalue weighted by Crippen LogP contribution is -2.57. The molecule has 1 amide bonds. The zero-order valence-corrected chi connectivity index (χ0v) is 13.3. The second-order valence-corrected chi connectivity index (χ2v) is 6.44. The third kappa shape index (κ3) is 4.10. The van der Waals surface area contributed by atoms with E-state index in [-0.39, 0.29) is 24.6 Å². The van der Waals surface area contributed by atoms with Crippen LogP contribution < -0.4 is 4.90 Å². The lowest BCUT2D eigenvalue weighted by atomic mass is 10.1. The molecule has 122 valence electrons. The van der Waals surface area contributed by atoms with Gasteiger partial charge in [-0.25, -0.2) is 9.18 Å². The average molecular weight is 310 g/mol. The molecule has 1 saturated heterocycles. The zero-order chi connectivity index (χ0) is 16.3. The second-order valence-electron chi connectivity index (χ2n) is 6.44. The van der Waals surface area contributed by atoms with Gasteiger partial charge >= 0.3 is 6.09 Å². The van der Waals surface area contributed by atoms with Gasteiger partial charge in [-0.15, -0.1) is 0 Å². The highest BCUT2D eigenvalue weighted by Gasteiger charge is 2.31. The Balaban J connectivity index is 2.07. The Hall–Kier alpha value is -1.82.